The number of hydrogen-bond donors (Lipinski definition) is 4. The van der Waals surface area contributed by atoms with E-state index in [1.807, 2.05) is 0 Å². The third-order valence-electron chi connectivity index (χ3n) is 3.01. The zero-order valence-corrected chi connectivity index (χ0v) is 17.0. The van der Waals surface area contributed by atoms with Crippen LogP contribution in [0.25, 0.3) is 0 Å². The molecule has 0 unspecified atom stereocenters. The predicted molar refractivity (Wildman–Crippen MR) is 104 cm³/mol. The van der Waals surface area contributed by atoms with E-state index in [0.717, 1.165) is 12.0 Å². The van der Waals surface area contributed by atoms with Crippen LogP contribution in [-0.4, -0.2) is 62.5 Å². The maximum absolute atomic E-state index is 11.3. The van der Waals surface area contributed by atoms with E-state index >= 15 is 0 Å². The molecule has 0 radical (unpaired) electrons. The summed E-state index contributed by atoms with van der Waals surface area (Å²) in [6.07, 6.45) is 0. The lowest BCUT2D eigenvalue weighted by Crippen LogP contribution is -2.29. The standard InChI is InChI=1S/C14H21N7O5S2/c1-21(2)13-18-12(17-10-5-4-6-11(7-10)28(22,23)24)19-14(20-13)27-26-16-8-15-9-25-3/h4-7,15-16H,8-9H2,1-3H3,(H,22,23,24)(H,17,18,19,20). The summed E-state index contributed by atoms with van der Waals surface area (Å²) in [5.74, 6) is 0.543. The van der Waals surface area contributed by atoms with Crippen molar-refractivity contribution in [3.8, 4) is 0 Å². The molecule has 2 aromatic rings. The van der Waals surface area contributed by atoms with Crippen molar-refractivity contribution in [1.29, 1.82) is 0 Å². The Hall–Kier alpha value is -2.07. The van der Waals surface area contributed by atoms with Gasteiger partial charge in [-0.25, -0.2) is 4.28 Å². The quantitative estimate of drug-likeness (QED) is 0.129. The van der Waals surface area contributed by atoms with Gasteiger partial charge in [0.2, 0.25) is 17.1 Å². The lowest BCUT2D eigenvalue weighted by molar-refractivity contribution is 0.148. The van der Waals surface area contributed by atoms with Gasteiger partial charge in [-0.3, -0.25) is 9.87 Å². The Labute approximate surface area is 167 Å². The summed E-state index contributed by atoms with van der Waals surface area (Å²) in [5, 5.41) is 6.06. The largest absolute Gasteiger partial charge is 0.370 e. The summed E-state index contributed by atoms with van der Waals surface area (Å²) in [5.41, 5.74) is 3.03. The Balaban J connectivity index is 2.12. The van der Waals surface area contributed by atoms with Gasteiger partial charge in [-0.1, -0.05) is 6.07 Å². The van der Waals surface area contributed by atoms with Crippen LogP contribution in [0, 0.1) is 0 Å². The minimum Gasteiger partial charge on any atom is -0.370 e. The molecule has 28 heavy (non-hydrogen) atoms. The predicted octanol–water partition coefficient (Wildman–Crippen LogP) is 0.607. The first kappa shape index (κ1) is 22.2. The molecule has 0 aliphatic heterocycles. The van der Waals surface area contributed by atoms with Crippen molar-refractivity contribution in [3.63, 3.8) is 0 Å². The van der Waals surface area contributed by atoms with E-state index in [2.05, 4.69) is 31.1 Å². The molecular weight excluding hydrogens is 410 g/mol. The Morgan fingerprint density at radius 2 is 2.04 bits per heavy atom. The van der Waals surface area contributed by atoms with Crippen molar-refractivity contribution in [1.82, 2.24) is 25.7 Å². The van der Waals surface area contributed by atoms with Gasteiger partial charge >= 0.3 is 0 Å². The molecule has 12 nitrogen and oxygen atoms in total. The first-order chi connectivity index (χ1) is 13.3. The molecule has 4 N–H and O–H groups in total. The number of hydroxylamine groups is 1. The Morgan fingerprint density at radius 1 is 1.25 bits per heavy atom. The van der Waals surface area contributed by atoms with Crippen molar-refractivity contribution >= 4 is 39.7 Å². The van der Waals surface area contributed by atoms with E-state index in [-0.39, 0.29) is 16.0 Å². The third-order valence-corrected chi connectivity index (χ3v) is 4.39. The van der Waals surface area contributed by atoms with E-state index in [1.165, 1.54) is 18.2 Å². The summed E-state index contributed by atoms with van der Waals surface area (Å²) in [4.78, 5) is 14.1. The van der Waals surface area contributed by atoms with Crippen molar-refractivity contribution < 1.29 is 22.0 Å². The van der Waals surface area contributed by atoms with Crippen LogP contribution in [0.2, 0.25) is 0 Å². The highest BCUT2D eigenvalue weighted by Crippen LogP contribution is 2.22. The second-order valence-corrected chi connectivity index (χ2v) is 7.55. The molecule has 0 saturated heterocycles. The van der Waals surface area contributed by atoms with Crippen molar-refractivity contribution in [2.45, 2.75) is 10.1 Å². The molecule has 1 heterocycles. The van der Waals surface area contributed by atoms with Crippen LogP contribution >= 0.6 is 12.0 Å². The monoisotopic (exact) mass is 431 g/mol. The van der Waals surface area contributed by atoms with Gasteiger partial charge in [-0.05, 0) is 18.2 Å². The van der Waals surface area contributed by atoms with Crippen molar-refractivity contribution in [2.75, 3.05) is 44.8 Å². The van der Waals surface area contributed by atoms with E-state index in [1.54, 1.807) is 32.2 Å². The summed E-state index contributed by atoms with van der Waals surface area (Å²) >= 11 is 0.885. The Kier molecular flexibility index (Phi) is 8.31. The molecule has 0 amide bonds. The number of rotatable bonds is 11. The summed E-state index contributed by atoms with van der Waals surface area (Å²) in [6.45, 7) is 0.717. The van der Waals surface area contributed by atoms with Crippen molar-refractivity contribution in [2.24, 2.45) is 0 Å². The number of nitrogens with zero attached hydrogens (tertiary/aromatic N) is 4. The van der Waals surface area contributed by atoms with Gasteiger partial charge in [0.1, 0.15) is 0 Å². The number of benzene rings is 1. The Morgan fingerprint density at radius 3 is 2.71 bits per heavy atom. The summed E-state index contributed by atoms with van der Waals surface area (Å²) in [6, 6.07) is 5.63. The van der Waals surface area contributed by atoms with Gasteiger partial charge in [0.25, 0.3) is 10.1 Å². The summed E-state index contributed by atoms with van der Waals surface area (Å²) in [7, 11) is 0.776. The van der Waals surface area contributed by atoms with Crippen LogP contribution in [-0.2, 0) is 19.1 Å². The van der Waals surface area contributed by atoms with E-state index in [9.17, 15) is 13.0 Å². The first-order valence-corrected chi connectivity index (χ1v) is 10.0. The highest BCUT2D eigenvalue weighted by atomic mass is 32.2. The van der Waals surface area contributed by atoms with Crippen molar-refractivity contribution in [3.05, 3.63) is 24.3 Å². The van der Waals surface area contributed by atoms with Gasteiger partial charge in [0.15, 0.2) is 0 Å². The van der Waals surface area contributed by atoms with Crippen LogP contribution in [0.5, 0.6) is 0 Å². The Bertz CT molecular complexity index is 882. The SMILES string of the molecule is COCNCNOSc1nc(Nc2cccc(S(=O)(=O)O)c2)nc(N(C)C)n1. The molecule has 0 aliphatic carbocycles. The van der Waals surface area contributed by atoms with E-state index in [4.69, 9.17) is 9.02 Å². The van der Waals surface area contributed by atoms with E-state index < -0.39 is 10.1 Å². The number of ether oxygens (including phenoxy) is 1. The number of hydrogen-bond acceptors (Lipinski definition) is 12. The molecule has 1 aromatic carbocycles. The number of nitrogens with one attached hydrogen (secondary N) is 3. The van der Waals surface area contributed by atoms with Crippen LogP contribution in [0.15, 0.2) is 34.3 Å². The molecule has 0 aliphatic rings. The molecule has 0 saturated carbocycles. The third kappa shape index (κ3) is 7.16. The lowest BCUT2D eigenvalue weighted by Gasteiger charge is -2.13. The maximum Gasteiger partial charge on any atom is 0.294 e. The topological polar surface area (TPSA) is 151 Å². The average molecular weight is 432 g/mol. The highest BCUT2D eigenvalue weighted by molar-refractivity contribution is 7.94. The smallest absolute Gasteiger partial charge is 0.294 e. The van der Waals surface area contributed by atoms with Gasteiger partial charge in [0, 0.05) is 26.9 Å². The molecule has 0 atom stereocenters. The second-order valence-electron chi connectivity index (χ2n) is 5.43. The molecule has 2 rings (SSSR count). The average Bonchev–Trinajstić information content (AvgIpc) is 2.64. The second kappa shape index (κ2) is 10.5. The molecular formula is C14H21N7O5S2. The fourth-order valence-corrected chi connectivity index (χ4v) is 2.76. The summed E-state index contributed by atoms with van der Waals surface area (Å²) < 4.78 is 41.8. The highest BCUT2D eigenvalue weighted by Gasteiger charge is 2.13. The van der Waals surface area contributed by atoms with Gasteiger partial charge in [0.05, 0.1) is 30.3 Å². The zero-order valence-electron chi connectivity index (χ0n) is 15.4. The minimum atomic E-state index is -4.32. The van der Waals surface area contributed by atoms with Gasteiger partial charge in [-0.2, -0.15) is 28.8 Å². The number of aromatic nitrogens is 3. The lowest BCUT2D eigenvalue weighted by atomic mass is 10.3. The minimum absolute atomic E-state index is 0.176. The fraction of sp³-hybridized carbons (Fsp3) is 0.357. The molecule has 0 bridgehead atoms. The van der Waals surface area contributed by atoms with Crippen LogP contribution in [0.4, 0.5) is 17.6 Å². The maximum atomic E-state index is 11.3. The molecule has 0 fully saturated rings. The van der Waals surface area contributed by atoms with Gasteiger partial charge < -0.3 is 15.0 Å². The van der Waals surface area contributed by atoms with Crippen LogP contribution in [0.3, 0.4) is 0 Å². The fourth-order valence-electron chi connectivity index (χ4n) is 1.80. The van der Waals surface area contributed by atoms with Crippen LogP contribution in [0.1, 0.15) is 0 Å². The molecule has 14 heteroatoms. The van der Waals surface area contributed by atoms with E-state index in [0.29, 0.717) is 25.0 Å². The zero-order chi connectivity index (χ0) is 20.6. The normalized spacial score (nSPS) is 11.4. The number of methoxy groups -OCH3 is 1. The van der Waals surface area contributed by atoms with Crippen LogP contribution < -0.4 is 21.0 Å². The molecule has 0 spiro atoms. The first-order valence-electron chi connectivity index (χ1n) is 7.83. The molecule has 154 valence electrons. The van der Waals surface area contributed by atoms with Gasteiger partial charge in [-0.15, -0.1) is 0 Å². The molecule has 1 aromatic heterocycles. The number of anilines is 3.